The van der Waals surface area contributed by atoms with Crippen molar-refractivity contribution in [2.24, 2.45) is 0 Å². The molecule has 6 heteroatoms. The maximum absolute atomic E-state index is 9.41. The predicted molar refractivity (Wildman–Crippen MR) is 70.9 cm³/mol. The van der Waals surface area contributed by atoms with Crippen molar-refractivity contribution in [3.8, 4) is 0 Å². The SMILES string of the molecule is C[NH+]1CCCC1.C[NH+]1CCCC1.O=C([O-])/C=C\C(=O)[O-]. The van der Waals surface area contributed by atoms with Crippen molar-refractivity contribution in [2.75, 3.05) is 40.3 Å². The van der Waals surface area contributed by atoms with E-state index in [1.54, 1.807) is 9.80 Å². The number of carbonyl (C=O) groups is 2. The number of quaternary nitrogens is 2. The van der Waals surface area contributed by atoms with Crippen LogP contribution in [-0.2, 0) is 9.59 Å². The Kier molecular flexibility index (Phi) is 10.6. The minimum absolute atomic E-state index is 0.384. The summed E-state index contributed by atoms with van der Waals surface area (Å²) in [7, 11) is 4.51. The molecule has 2 fully saturated rings. The molecule has 2 rings (SSSR count). The molecule has 0 bridgehead atoms. The van der Waals surface area contributed by atoms with Crippen LogP contribution in [0.1, 0.15) is 25.7 Å². The molecule has 0 saturated carbocycles. The van der Waals surface area contributed by atoms with Gasteiger partial charge in [0.1, 0.15) is 0 Å². The Labute approximate surface area is 120 Å². The number of carboxylic acid groups (broad SMARTS) is 2. The van der Waals surface area contributed by atoms with Crippen LogP contribution in [0.15, 0.2) is 12.2 Å². The molecule has 116 valence electrons. The Morgan fingerprint density at radius 1 is 0.750 bits per heavy atom. The quantitative estimate of drug-likeness (QED) is 0.502. The molecule has 20 heavy (non-hydrogen) atoms. The molecule has 0 aromatic rings. The predicted octanol–water partition coefficient (Wildman–Crippen LogP) is -4.37. The Balaban J connectivity index is 0.000000274. The van der Waals surface area contributed by atoms with Crippen LogP contribution in [0.2, 0.25) is 0 Å². The average Bonchev–Trinajstić information content (AvgIpc) is 3.02. The average molecular weight is 286 g/mol. The summed E-state index contributed by atoms with van der Waals surface area (Å²) in [4.78, 5) is 22.2. The maximum Gasteiger partial charge on any atom is 0.0771 e. The highest BCUT2D eigenvalue weighted by molar-refractivity contribution is 5.87. The van der Waals surface area contributed by atoms with Crippen LogP contribution in [0, 0.1) is 0 Å². The highest BCUT2D eigenvalue weighted by Crippen LogP contribution is 1.85. The standard InChI is InChI=1S/2C5H11N.C4H4O4/c2*1-6-4-2-3-5-6;5-3(6)1-2-4(7)8/h2*2-5H2,1H3;1-2H,(H,5,6)(H,7,8)/b;;2-1-. The van der Waals surface area contributed by atoms with Crippen LogP contribution in [0.3, 0.4) is 0 Å². The third-order valence-corrected chi connectivity index (χ3v) is 3.27. The summed E-state index contributed by atoms with van der Waals surface area (Å²) in [5.41, 5.74) is 0. The molecule has 0 aliphatic carbocycles. The normalized spacial score (nSPS) is 19.1. The van der Waals surface area contributed by atoms with Gasteiger partial charge in [-0.1, -0.05) is 0 Å². The lowest BCUT2D eigenvalue weighted by atomic mass is 10.4. The number of hydrogen-bond donors (Lipinski definition) is 2. The molecule has 2 heterocycles. The van der Waals surface area contributed by atoms with E-state index in [-0.39, 0.29) is 0 Å². The smallest absolute Gasteiger partial charge is 0.0771 e. The zero-order valence-corrected chi connectivity index (χ0v) is 12.4. The molecule has 0 unspecified atom stereocenters. The first-order valence-electron chi connectivity index (χ1n) is 7.14. The summed E-state index contributed by atoms with van der Waals surface area (Å²) in [6, 6.07) is 0. The highest BCUT2D eigenvalue weighted by Gasteiger charge is 2.08. The van der Waals surface area contributed by atoms with Gasteiger partial charge in [-0.25, -0.2) is 0 Å². The van der Waals surface area contributed by atoms with Crippen LogP contribution >= 0.6 is 0 Å². The number of carbonyl (C=O) groups excluding carboxylic acids is 2. The van der Waals surface area contributed by atoms with Crippen LogP contribution in [-0.4, -0.2) is 52.2 Å². The fourth-order valence-electron chi connectivity index (χ4n) is 2.09. The minimum Gasteiger partial charge on any atom is -0.545 e. The third kappa shape index (κ3) is 13.0. The van der Waals surface area contributed by atoms with Crippen molar-refractivity contribution in [3.05, 3.63) is 12.2 Å². The highest BCUT2D eigenvalue weighted by atomic mass is 16.4. The number of aliphatic carboxylic acids is 2. The first-order valence-corrected chi connectivity index (χ1v) is 7.14. The molecule has 6 nitrogen and oxygen atoms in total. The summed E-state index contributed by atoms with van der Waals surface area (Å²) in [6.07, 6.45) is 6.57. The molecule has 0 radical (unpaired) electrons. The molecule has 2 aliphatic rings. The lowest BCUT2D eigenvalue weighted by molar-refractivity contribution is -0.866. The van der Waals surface area contributed by atoms with E-state index >= 15 is 0 Å². The summed E-state index contributed by atoms with van der Waals surface area (Å²) >= 11 is 0. The number of nitrogens with one attached hydrogen (secondary N) is 2. The molecule has 2 saturated heterocycles. The van der Waals surface area contributed by atoms with Gasteiger partial charge in [0.2, 0.25) is 0 Å². The largest absolute Gasteiger partial charge is 0.545 e. The topological polar surface area (TPSA) is 89.1 Å². The Bertz CT molecular complexity index is 276. The van der Waals surface area contributed by atoms with Crippen molar-refractivity contribution < 1.29 is 29.6 Å². The zero-order valence-electron chi connectivity index (χ0n) is 12.4. The molecular formula is C14H26N2O4. The van der Waals surface area contributed by atoms with Gasteiger partial charge >= 0.3 is 0 Å². The molecule has 0 aromatic heterocycles. The first-order chi connectivity index (χ1) is 9.41. The van der Waals surface area contributed by atoms with E-state index in [1.807, 2.05) is 0 Å². The molecule has 0 spiro atoms. The van der Waals surface area contributed by atoms with E-state index in [9.17, 15) is 19.8 Å². The number of likely N-dealkylation sites (tertiary alicyclic amines) is 2. The summed E-state index contributed by atoms with van der Waals surface area (Å²) in [5, 5.41) is 18.8. The Morgan fingerprint density at radius 2 is 1.00 bits per heavy atom. The summed E-state index contributed by atoms with van der Waals surface area (Å²) in [5.74, 6) is -3.09. The van der Waals surface area contributed by atoms with Crippen molar-refractivity contribution in [1.29, 1.82) is 0 Å². The second-order valence-corrected chi connectivity index (χ2v) is 5.30. The lowest BCUT2D eigenvalue weighted by Crippen LogP contribution is -3.06. The maximum atomic E-state index is 9.41. The van der Waals surface area contributed by atoms with Gasteiger partial charge in [0.15, 0.2) is 0 Å². The van der Waals surface area contributed by atoms with Crippen LogP contribution in [0.5, 0.6) is 0 Å². The van der Waals surface area contributed by atoms with Gasteiger partial charge in [0, 0.05) is 25.7 Å². The van der Waals surface area contributed by atoms with Gasteiger partial charge in [-0.15, -0.1) is 0 Å². The van der Waals surface area contributed by atoms with Crippen LogP contribution in [0.25, 0.3) is 0 Å². The molecular weight excluding hydrogens is 260 g/mol. The van der Waals surface area contributed by atoms with Gasteiger partial charge in [-0.3, -0.25) is 0 Å². The number of rotatable bonds is 2. The molecule has 2 aliphatic heterocycles. The molecule has 0 amide bonds. The number of carboxylic acids is 2. The van der Waals surface area contributed by atoms with Crippen molar-refractivity contribution >= 4 is 11.9 Å². The second-order valence-electron chi connectivity index (χ2n) is 5.30. The molecule has 0 aromatic carbocycles. The monoisotopic (exact) mass is 286 g/mol. The van der Waals surface area contributed by atoms with Gasteiger partial charge in [-0.05, 0) is 12.2 Å². The van der Waals surface area contributed by atoms with Gasteiger partial charge in [0.05, 0.1) is 52.2 Å². The number of hydrogen-bond acceptors (Lipinski definition) is 4. The van der Waals surface area contributed by atoms with Crippen molar-refractivity contribution in [1.82, 2.24) is 0 Å². The van der Waals surface area contributed by atoms with Crippen molar-refractivity contribution in [2.45, 2.75) is 25.7 Å². The van der Waals surface area contributed by atoms with Gasteiger partial charge in [0.25, 0.3) is 0 Å². The molecule has 2 N–H and O–H groups in total. The third-order valence-electron chi connectivity index (χ3n) is 3.27. The van der Waals surface area contributed by atoms with E-state index in [4.69, 9.17) is 0 Å². The van der Waals surface area contributed by atoms with E-state index in [2.05, 4.69) is 14.1 Å². The fourth-order valence-corrected chi connectivity index (χ4v) is 2.09. The van der Waals surface area contributed by atoms with E-state index in [1.165, 1.54) is 51.9 Å². The van der Waals surface area contributed by atoms with E-state index in [0.717, 1.165) is 0 Å². The van der Waals surface area contributed by atoms with E-state index < -0.39 is 11.9 Å². The van der Waals surface area contributed by atoms with Crippen molar-refractivity contribution in [3.63, 3.8) is 0 Å². The first kappa shape index (κ1) is 18.6. The second kappa shape index (κ2) is 11.4. The fraction of sp³-hybridized carbons (Fsp3) is 0.714. The Morgan fingerprint density at radius 3 is 1.10 bits per heavy atom. The van der Waals surface area contributed by atoms with Gasteiger partial charge in [-0.2, -0.15) is 0 Å². The molecule has 0 atom stereocenters. The van der Waals surface area contributed by atoms with Gasteiger partial charge < -0.3 is 29.6 Å². The lowest BCUT2D eigenvalue weighted by Gasteiger charge is -1.98. The Hall–Kier alpha value is -1.40. The summed E-state index contributed by atoms with van der Waals surface area (Å²) < 4.78 is 0. The zero-order chi connectivity index (χ0) is 15.4. The minimum atomic E-state index is -1.55. The summed E-state index contributed by atoms with van der Waals surface area (Å²) in [6.45, 7) is 5.61. The van der Waals surface area contributed by atoms with Crippen LogP contribution in [0.4, 0.5) is 0 Å². The van der Waals surface area contributed by atoms with E-state index in [0.29, 0.717) is 12.2 Å². The van der Waals surface area contributed by atoms with Crippen LogP contribution < -0.4 is 20.0 Å².